The summed E-state index contributed by atoms with van der Waals surface area (Å²) in [5, 5.41) is 20.2. The summed E-state index contributed by atoms with van der Waals surface area (Å²) in [6.45, 7) is 3.90. The number of furan rings is 1. The number of aromatic nitrogens is 2. The van der Waals surface area contributed by atoms with Gasteiger partial charge >= 0.3 is 5.69 Å². The number of anilines is 2. The average Bonchev–Trinajstić information content (AvgIpc) is 3.56. The van der Waals surface area contributed by atoms with Gasteiger partial charge in [0.2, 0.25) is 5.52 Å². The molecule has 0 atom stereocenters. The molecule has 182 valence electrons. The minimum absolute atomic E-state index is 0.0862. The zero-order valence-electron chi connectivity index (χ0n) is 19.6. The molecule has 3 heterocycles. The third-order valence-corrected chi connectivity index (χ3v) is 6.30. The van der Waals surface area contributed by atoms with Crippen LogP contribution >= 0.6 is 0 Å². The van der Waals surface area contributed by atoms with Crippen molar-refractivity contribution in [3.63, 3.8) is 0 Å². The van der Waals surface area contributed by atoms with Crippen molar-refractivity contribution in [2.75, 3.05) is 50.1 Å². The van der Waals surface area contributed by atoms with Crippen molar-refractivity contribution in [3.05, 3.63) is 70.2 Å². The van der Waals surface area contributed by atoms with E-state index in [9.17, 15) is 10.1 Å². The van der Waals surface area contributed by atoms with Crippen molar-refractivity contribution in [3.8, 4) is 5.75 Å². The Kier molecular flexibility index (Phi) is 6.23. The van der Waals surface area contributed by atoms with Crippen LogP contribution < -0.4 is 14.5 Å². The minimum atomic E-state index is -0.399. The molecule has 1 aliphatic rings. The van der Waals surface area contributed by atoms with Gasteiger partial charge in [-0.15, -0.1) is 0 Å². The van der Waals surface area contributed by atoms with E-state index in [4.69, 9.17) is 13.8 Å². The number of piperazine rings is 1. The number of nitro groups is 1. The van der Waals surface area contributed by atoms with Gasteiger partial charge in [-0.3, -0.25) is 10.1 Å². The molecular weight excluding hydrogens is 452 g/mol. The van der Waals surface area contributed by atoms with Gasteiger partial charge in [0.25, 0.3) is 0 Å². The molecular formula is C24H26N6O5. The summed E-state index contributed by atoms with van der Waals surface area (Å²) < 4.78 is 15.9. The van der Waals surface area contributed by atoms with E-state index in [0.29, 0.717) is 43.1 Å². The zero-order valence-corrected chi connectivity index (χ0v) is 19.6. The van der Waals surface area contributed by atoms with E-state index in [2.05, 4.69) is 20.1 Å². The SMILES string of the molecule is COc1ccc(CN(Cc2ccco2)c2cc(N3CCN(C)CC3)c([N+](=O)[O-])c3nonc23)cc1. The second-order valence-corrected chi connectivity index (χ2v) is 8.56. The second-order valence-electron chi connectivity index (χ2n) is 8.56. The molecule has 0 spiro atoms. The summed E-state index contributed by atoms with van der Waals surface area (Å²) in [4.78, 5) is 18.1. The second kappa shape index (κ2) is 9.63. The number of ether oxygens (including phenoxy) is 1. The first-order valence-corrected chi connectivity index (χ1v) is 11.3. The van der Waals surface area contributed by atoms with Crippen LogP contribution in [-0.4, -0.2) is 60.5 Å². The predicted molar refractivity (Wildman–Crippen MR) is 130 cm³/mol. The Morgan fingerprint density at radius 2 is 1.83 bits per heavy atom. The number of likely N-dealkylation sites (N-methyl/N-ethyl adjacent to an activating group) is 1. The molecule has 1 aliphatic heterocycles. The maximum atomic E-state index is 12.1. The predicted octanol–water partition coefficient (Wildman–Crippen LogP) is 3.69. The van der Waals surface area contributed by atoms with E-state index < -0.39 is 4.92 Å². The quantitative estimate of drug-likeness (QED) is 0.274. The van der Waals surface area contributed by atoms with Crippen molar-refractivity contribution < 1.29 is 18.7 Å². The highest BCUT2D eigenvalue weighted by Gasteiger charge is 2.31. The smallest absolute Gasteiger partial charge is 0.323 e. The van der Waals surface area contributed by atoms with Crippen molar-refractivity contribution in [2.45, 2.75) is 13.1 Å². The molecule has 11 nitrogen and oxygen atoms in total. The van der Waals surface area contributed by atoms with Crippen LogP contribution in [0.1, 0.15) is 11.3 Å². The van der Waals surface area contributed by atoms with Crippen molar-refractivity contribution in [1.29, 1.82) is 0 Å². The molecule has 0 radical (unpaired) electrons. The largest absolute Gasteiger partial charge is 0.497 e. The molecule has 0 amide bonds. The molecule has 0 aliphatic carbocycles. The number of rotatable bonds is 8. The summed E-state index contributed by atoms with van der Waals surface area (Å²) in [6.07, 6.45) is 1.62. The summed E-state index contributed by atoms with van der Waals surface area (Å²) in [5.41, 5.74) is 2.63. The molecule has 35 heavy (non-hydrogen) atoms. The summed E-state index contributed by atoms with van der Waals surface area (Å²) in [5.74, 6) is 1.52. The lowest BCUT2D eigenvalue weighted by atomic mass is 10.1. The maximum absolute atomic E-state index is 12.1. The highest BCUT2D eigenvalue weighted by molar-refractivity contribution is 6.00. The zero-order chi connectivity index (χ0) is 24.4. The Morgan fingerprint density at radius 3 is 2.49 bits per heavy atom. The first-order chi connectivity index (χ1) is 17.0. The van der Waals surface area contributed by atoms with Crippen LogP contribution in [0.25, 0.3) is 11.0 Å². The van der Waals surface area contributed by atoms with Gasteiger partial charge in [-0.05, 0) is 53.3 Å². The lowest BCUT2D eigenvalue weighted by Crippen LogP contribution is -2.44. The number of hydrogen-bond acceptors (Lipinski definition) is 10. The number of methoxy groups -OCH3 is 1. The van der Waals surface area contributed by atoms with Crippen molar-refractivity contribution in [2.24, 2.45) is 0 Å². The molecule has 0 saturated carbocycles. The number of nitrogens with zero attached hydrogens (tertiary/aromatic N) is 6. The van der Waals surface area contributed by atoms with E-state index in [1.165, 1.54) is 0 Å². The fraction of sp³-hybridized carbons (Fsp3) is 0.333. The molecule has 2 aromatic carbocycles. The van der Waals surface area contributed by atoms with E-state index >= 15 is 0 Å². The van der Waals surface area contributed by atoms with Crippen LogP contribution in [0.3, 0.4) is 0 Å². The Balaban J connectivity index is 1.62. The third kappa shape index (κ3) is 4.62. The molecule has 11 heteroatoms. The Labute approximate surface area is 201 Å². The van der Waals surface area contributed by atoms with Crippen LogP contribution in [0, 0.1) is 10.1 Å². The lowest BCUT2D eigenvalue weighted by molar-refractivity contribution is -0.382. The Hall–Kier alpha value is -4.12. The van der Waals surface area contributed by atoms with Gasteiger partial charge < -0.3 is 23.9 Å². The van der Waals surface area contributed by atoms with Gasteiger partial charge in [-0.1, -0.05) is 12.1 Å². The van der Waals surface area contributed by atoms with Crippen LogP contribution in [0.15, 0.2) is 57.8 Å². The molecule has 2 aromatic heterocycles. The van der Waals surface area contributed by atoms with E-state index in [1.807, 2.05) is 54.4 Å². The fourth-order valence-electron chi connectivity index (χ4n) is 4.38. The molecule has 5 rings (SSSR count). The highest BCUT2D eigenvalue weighted by atomic mass is 16.6. The van der Waals surface area contributed by atoms with Gasteiger partial charge in [0.1, 0.15) is 17.2 Å². The van der Waals surface area contributed by atoms with Crippen LogP contribution in [-0.2, 0) is 13.1 Å². The summed E-state index contributed by atoms with van der Waals surface area (Å²) >= 11 is 0. The average molecular weight is 479 g/mol. The van der Waals surface area contributed by atoms with E-state index in [1.54, 1.807) is 13.4 Å². The van der Waals surface area contributed by atoms with Gasteiger partial charge in [0.15, 0.2) is 5.52 Å². The van der Waals surface area contributed by atoms with Gasteiger partial charge in [-0.25, -0.2) is 4.63 Å². The van der Waals surface area contributed by atoms with Gasteiger partial charge in [-0.2, -0.15) is 0 Å². The lowest BCUT2D eigenvalue weighted by Gasteiger charge is -2.34. The number of benzene rings is 2. The topological polar surface area (TPSA) is 114 Å². The van der Waals surface area contributed by atoms with E-state index in [-0.39, 0.29) is 11.2 Å². The molecule has 1 fully saturated rings. The van der Waals surface area contributed by atoms with Crippen LogP contribution in [0.2, 0.25) is 0 Å². The third-order valence-electron chi connectivity index (χ3n) is 6.30. The first kappa shape index (κ1) is 22.7. The van der Waals surface area contributed by atoms with Gasteiger partial charge in [0, 0.05) is 32.7 Å². The molecule has 0 unspecified atom stereocenters. The highest BCUT2D eigenvalue weighted by Crippen LogP contribution is 2.41. The normalized spacial score (nSPS) is 14.4. The minimum Gasteiger partial charge on any atom is -0.497 e. The Morgan fingerprint density at radius 1 is 1.09 bits per heavy atom. The fourth-order valence-corrected chi connectivity index (χ4v) is 4.38. The van der Waals surface area contributed by atoms with Crippen molar-refractivity contribution >= 4 is 28.1 Å². The number of fused-ring (bicyclic) bond motifs is 1. The molecule has 0 N–H and O–H groups in total. The molecule has 1 saturated heterocycles. The van der Waals surface area contributed by atoms with Gasteiger partial charge in [0.05, 0.1) is 30.5 Å². The summed E-state index contributed by atoms with van der Waals surface area (Å²) in [7, 11) is 3.67. The maximum Gasteiger partial charge on any atom is 0.323 e. The molecule has 0 bridgehead atoms. The summed E-state index contributed by atoms with van der Waals surface area (Å²) in [6, 6.07) is 13.3. The number of nitro benzene ring substituents is 1. The monoisotopic (exact) mass is 478 g/mol. The standard InChI is InChI=1S/C24H26N6O5/c1-27-9-11-28(12-10-27)21-14-20(22-23(26-35-25-22)24(21)30(31)32)29(16-19-4-3-13-34-19)15-17-5-7-18(33-2)8-6-17/h3-8,13-14H,9-12,15-16H2,1-2H3. The first-order valence-electron chi connectivity index (χ1n) is 11.3. The van der Waals surface area contributed by atoms with Crippen LogP contribution in [0.4, 0.5) is 17.1 Å². The van der Waals surface area contributed by atoms with Crippen LogP contribution in [0.5, 0.6) is 5.75 Å². The Bertz CT molecular complexity index is 1300. The molecule has 4 aromatic rings. The van der Waals surface area contributed by atoms with E-state index in [0.717, 1.165) is 30.2 Å². The number of hydrogen-bond donors (Lipinski definition) is 0. The van der Waals surface area contributed by atoms with Crippen molar-refractivity contribution in [1.82, 2.24) is 15.2 Å².